The fourth-order valence-corrected chi connectivity index (χ4v) is 4.19. The van der Waals surface area contributed by atoms with Gasteiger partial charge in [0.1, 0.15) is 6.61 Å². The largest absolute Gasteiger partial charge is 0.493 e. The molecule has 2 amide bonds. The molecule has 0 N–H and O–H groups in total. The number of likely N-dealkylation sites (tertiary alicyclic amines) is 1. The second kappa shape index (κ2) is 9.88. The number of hydrogen-bond donors (Lipinski definition) is 0. The number of nitro groups is 1. The number of rotatable bonds is 7. The van der Waals surface area contributed by atoms with E-state index >= 15 is 0 Å². The van der Waals surface area contributed by atoms with E-state index in [1.54, 1.807) is 4.90 Å². The number of amides is 2. The van der Waals surface area contributed by atoms with Crippen molar-refractivity contribution in [3.05, 3.63) is 33.9 Å². The zero-order valence-electron chi connectivity index (χ0n) is 18.8. The summed E-state index contributed by atoms with van der Waals surface area (Å²) in [6.07, 6.45) is 3.79. The van der Waals surface area contributed by atoms with Crippen LogP contribution >= 0.6 is 0 Å². The summed E-state index contributed by atoms with van der Waals surface area (Å²) in [6, 6.07) is 2.84. The minimum Gasteiger partial charge on any atom is -0.493 e. The minimum atomic E-state index is -0.530. The molecule has 2 saturated heterocycles. The molecule has 32 heavy (non-hydrogen) atoms. The molecule has 0 radical (unpaired) electrons. The molecule has 1 aromatic rings. The molecule has 0 aliphatic carbocycles. The monoisotopic (exact) mass is 447 g/mol. The van der Waals surface area contributed by atoms with Gasteiger partial charge in [-0.1, -0.05) is 13.8 Å². The highest BCUT2D eigenvalue weighted by Crippen LogP contribution is 2.35. The fourth-order valence-electron chi connectivity index (χ4n) is 4.19. The summed E-state index contributed by atoms with van der Waals surface area (Å²) in [5.74, 6) is 0.631. The van der Waals surface area contributed by atoms with Gasteiger partial charge in [-0.05, 0) is 30.9 Å². The Morgan fingerprint density at radius 3 is 2.41 bits per heavy atom. The third kappa shape index (κ3) is 4.79. The third-order valence-corrected chi connectivity index (χ3v) is 6.02. The molecule has 2 fully saturated rings. The Bertz CT molecular complexity index is 907. The number of ether oxygens (including phenoxy) is 3. The van der Waals surface area contributed by atoms with Gasteiger partial charge in [-0.3, -0.25) is 19.8 Å². The summed E-state index contributed by atoms with van der Waals surface area (Å²) in [5, 5.41) is 11.4. The summed E-state index contributed by atoms with van der Waals surface area (Å²) in [5.41, 5.74) is 0.0631. The van der Waals surface area contributed by atoms with E-state index in [9.17, 15) is 19.7 Å². The molecule has 0 aromatic heterocycles. The first-order valence-electron chi connectivity index (χ1n) is 10.6. The van der Waals surface area contributed by atoms with Crippen LogP contribution in [0.4, 0.5) is 10.5 Å². The van der Waals surface area contributed by atoms with Crippen LogP contribution in [0.1, 0.15) is 32.3 Å². The van der Waals surface area contributed by atoms with E-state index in [0.717, 1.165) is 0 Å². The van der Waals surface area contributed by atoms with Crippen LogP contribution in [0.2, 0.25) is 0 Å². The zero-order valence-corrected chi connectivity index (χ0v) is 18.8. The van der Waals surface area contributed by atoms with Crippen LogP contribution in [0.25, 0.3) is 6.08 Å². The van der Waals surface area contributed by atoms with Gasteiger partial charge in [0.2, 0.25) is 5.91 Å². The quantitative estimate of drug-likeness (QED) is 0.359. The van der Waals surface area contributed by atoms with E-state index in [1.807, 2.05) is 4.90 Å². The van der Waals surface area contributed by atoms with Crippen molar-refractivity contribution in [3.8, 4) is 11.5 Å². The molecular weight excluding hydrogens is 418 g/mol. The van der Waals surface area contributed by atoms with E-state index in [2.05, 4.69) is 13.8 Å². The van der Waals surface area contributed by atoms with Gasteiger partial charge in [0.25, 0.3) is 5.69 Å². The van der Waals surface area contributed by atoms with Crippen molar-refractivity contribution in [2.45, 2.75) is 38.8 Å². The molecule has 10 heteroatoms. The Morgan fingerprint density at radius 2 is 1.84 bits per heavy atom. The van der Waals surface area contributed by atoms with Crippen LogP contribution in [-0.4, -0.2) is 72.7 Å². The van der Waals surface area contributed by atoms with E-state index in [1.165, 1.54) is 38.5 Å². The number of carbonyl (C=O) groups excluding carboxylic acids is 2. The highest BCUT2D eigenvalue weighted by molar-refractivity contribution is 5.92. The van der Waals surface area contributed by atoms with Gasteiger partial charge in [0, 0.05) is 25.2 Å². The van der Waals surface area contributed by atoms with Crippen molar-refractivity contribution in [2.24, 2.45) is 5.92 Å². The van der Waals surface area contributed by atoms with Gasteiger partial charge in [-0.15, -0.1) is 0 Å². The van der Waals surface area contributed by atoms with Gasteiger partial charge in [0.05, 0.1) is 36.8 Å². The van der Waals surface area contributed by atoms with Crippen LogP contribution in [0.5, 0.6) is 11.5 Å². The standard InChI is InChI=1S/C22H29N3O7/c1-14(2)18-13-32-22(27)24(18)16-7-9-23(10-8-16)21(26)6-5-15-11-19(30-3)20(31-4)12-17(15)25(28)29/h5-6,11-12,14,16,18H,7-10,13H2,1-4H3. The maximum Gasteiger partial charge on any atom is 0.410 e. The van der Waals surface area contributed by atoms with Crippen molar-refractivity contribution < 1.29 is 28.7 Å². The lowest BCUT2D eigenvalue weighted by Gasteiger charge is -2.38. The number of nitro benzene ring substituents is 1. The van der Waals surface area contributed by atoms with Crippen molar-refractivity contribution >= 4 is 23.8 Å². The summed E-state index contributed by atoms with van der Waals surface area (Å²) >= 11 is 0. The molecule has 3 rings (SSSR count). The van der Waals surface area contributed by atoms with Gasteiger partial charge in [-0.2, -0.15) is 0 Å². The second-order valence-corrected chi connectivity index (χ2v) is 8.21. The zero-order chi connectivity index (χ0) is 23.4. The number of carbonyl (C=O) groups is 2. The van der Waals surface area contributed by atoms with E-state index in [0.29, 0.717) is 44.2 Å². The summed E-state index contributed by atoms with van der Waals surface area (Å²) in [4.78, 5) is 39.3. The average molecular weight is 447 g/mol. The number of piperidine rings is 1. The van der Waals surface area contributed by atoms with Gasteiger partial charge < -0.3 is 19.1 Å². The molecule has 2 heterocycles. The Hall–Kier alpha value is -3.30. The fraction of sp³-hybridized carbons (Fsp3) is 0.545. The van der Waals surface area contributed by atoms with Crippen LogP contribution in [-0.2, 0) is 9.53 Å². The Morgan fingerprint density at radius 1 is 1.22 bits per heavy atom. The maximum atomic E-state index is 12.7. The van der Waals surface area contributed by atoms with Crippen molar-refractivity contribution in [3.63, 3.8) is 0 Å². The smallest absolute Gasteiger partial charge is 0.410 e. The lowest BCUT2D eigenvalue weighted by Crippen LogP contribution is -2.50. The van der Waals surface area contributed by atoms with Crippen LogP contribution in [0, 0.1) is 16.0 Å². The third-order valence-electron chi connectivity index (χ3n) is 6.02. The first-order valence-corrected chi connectivity index (χ1v) is 10.6. The lowest BCUT2D eigenvalue weighted by atomic mass is 9.97. The Labute approximate surface area is 186 Å². The lowest BCUT2D eigenvalue weighted by molar-refractivity contribution is -0.385. The second-order valence-electron chi connectivity index (χ2n) is 8.21. The Balaban J connectivity index is 1.68. The van der Waals surface area contributed by atoms with Gasteiger partial charge >= 0.3 is 6.09 Å². The molecule has 0 bridgehead atoms. The maximum absolute atomic E-state index is 12.7. The predicted octanol–water partition coefficient (Wildman–Crippen LogP) is 3.09. The van der Waals surface area contributed by atoms with Crippen molar-refractivity contribution in [2.75, 3.05) is 33.9 Å². The van der Waals surface area contributed by atoms with E-state index in [-0.39, 0.29) is 41.1 Å². The Kier molecular flexibility index (Phi) is 7.22. The van der Waals surface area contributed by atoms with E-state index in [4.69, 9.17) is 14.2 Å². The summed E-state index contributed by atoms with van der Waals surface area (Å²) in [6.45, 7) is 5.53. The highest BCUT2D eigenvalue weighted by Gasteiger charge is 2.40. The first-order chi connectivity index (χ1) is 15.3. The van der Waals surface area contributed by atoms with Crippen LogP contribution < -0.4 is 9.47 Å². The normalized spacial score (nSPS) is 19.5. The molecule has 2 aliphatic rings. The number of benzene rings is 1. The van der Waals surface area contributed by atoms with Crippen LogP contribution in [0.15, 0.2) is 18.2 Å². The van der Waals surface area contributed by atoms with Crippen molar-refractivity contribution in [1.29, 1.82) is 0 Å². The molecule has 1 unspecified atom stereocenters. The topological polar surface area (TPSA) is 111 Å². The molecule has 2 aliphatic heterocycles. The summed E-state index contributed by atoms with van der Waals surface area (Å²) < 4.78 is 15.6. The molecular formula is C22H29N3O7. The van der Waals surface area contributed by atoms with Gasteiger partial charge in [-0.25, -0.2) is 4.79 Å². The average Bonchev–Trinajstić information content (AvgIpc) is 3.18. The summed E-state index contributed by atoms with van der Waals surface area (Å²) in [7, 11) is 2.84. The minimum absolute atomic E-state index is 0.0392. The number of hydrogen-bond acceptors (Lipinski definition) is 7. The van der Waals surface area contributed by atoms with E-state index < -0.39 is 4.92 Å². The molecule has 0 saturated carbocycles. The first kappa shape index (κ1) is 23.4. The number of nitrogens with zero attached hydrogens (tertiary/aromatic N) is 3. The SMILES string of the molecule is COc1cc(C=CC(=O)N2CCC(N3C(=O)OCC3C(C)C)CC2)c([N+](=O)[O-])cc1OC. The molecule has 1 aromatic carbocycles. The molecule has 174 valence electrons. The number of methoxy groups -OCH3 is 2. The van der Waals surface area contributed by atoms with Crippen LogP contribution in [0.3, 0.4) is 0 Å². The molecule has 0 spiro atoms. The highest BCUT2D eigenvalue weighted by atomic mass is 16.6. The van der Waals surface area contributed by atoms with Gasteiger partial charge in [0.15, 0.2) is 11.5 Å². The predicted molar refractivity (Wildman–Crippen MR) is 117 cm³/mol. The number of cyclic esters (lactones) is 1. The molecule has 10 nitrogen and oxygen atoms in total. The van der Waals surface area contributed by atoms with Crippen molar-refractivity contribution in [1.82, 2.24) is 9.80 Å². The molecule has 1 atom stereocenters.